The number of ether oxygens (including phenoxy) is 1. The Kier molecular flexibility index (Phi) is 5.88. The Balaban J connectivity index is 1.91. The molecule has 31 heavy (non-hydrogen) atoms. The maximum absolute atomic E-state index is 14.8. The summed E-state index contributed by atoms with van der Waals surface area (Å²) < 4.78 is 35.1. The molecule has 0 aliphatic carbocycles. The van der Waals surface area contributed by atoms with E-state index in [1.54, 1.807) is 42.5 Å². The first-order chi connectivity index (χ1) is 15.0. The Bertz CT molecular complexity index is 1140. The molecule has 2 aliphatic rings. The van der Waals surface area contributed by atoms with E-state index in [1.165, 1.54) is 12.1 Å². The molecule has 1 atom stereocenters. The van der Waals surface area contributed by atoms with Gasteiger partial charge in [-0.25, -0.2) is 8.78 Å². The molecule has 1 unspecified atom stereocenters. The molecule has 2 aromatic rings. The van der Waals surface area contributed by atoms with Gasteiger partial charge in [0.2, 0.25) is 5.88 Å². The lowest BCUT2D eigenvalue weighted by Gasteiger charge is -2.38. The van der Waals surface area contributed by atoms with Crippen LogP contribution in [0.5, 0.6) is 0 Å². The zero-order valence-electron chi connectivity index (χ0n) is 17.2. The van der Waals surface area contributed by atoms with Crippen molar-refractivity contribution in [1.82, 2.24) is 4.90 Å². The highest BCUT2D eigenvalue weighted by molar-refractivity contribution is 5.63. The van der Waals surface area contributed by atoms with Crippen molar-refractivity contribution >= 4 is 6.08 Å². The highest BCUT2D eigenvalue weighted by Gasteiger charge is 2.38. The predicted molar refractivity (Wildman–Crippen MR) is 115 cm³/mol. The second-order valence-corrected chi connectivity index (χ2v) is 7.70. The summed E-state index contributed by atoms with van der Waals surface area (Å²) in [4.78, 5) is 2.19. The van der Waals surface area contributed by atoms with E-state index in [0.29, 0.717) is 30.0 Å². The van der Waals surface area contributed by atoms with Gasteiger partial charge in [0.15, 0.2) is 0 Å². The van der Waals surface area contributed by atoms with Gasteiger partial charge in [0.1, 0.15) is 29.0 Å². The smallest absolute Gasteiger partial charge is 0.205 e. The second-order valence-electron chi connectivity index (χ2n) is 7.70. The minimum atomic E-state index is -0.654. The minimum absolute atomic E-state index is 0.0436. The average Bonchev–Trinajstić information content (AvgIpc) is 2.76. The van der Waals surface area contributed by atoms with Crippen molar-refractivity contribution in [2.45, 2.75) is 19.3 Å². The van der Waals surface area contributed by atoms with Crippen molar-refractivity contribution in [3.05, 3.63) is 99.7 Å². The minimum Gasteiger partial charge on any atom is -0.440 e. The number of nitriles is 1. The second kappa shape index (κ2) is 8.75. The molecular weight excluding hydrogens is 396 g/mol. The van der Waals surface area contributed by atoms with Gasteiger partial charge in [-0.05, 0) is 36.7 Å². The summed E-state index contributed by atoms with van der Waals surface area (Å²) in [6, 6.07) is 15.0. The third-order valence-electron chi connectivity index (χ3n) is 5.60. The van der Waals surface area contributed by atoms with Crippen molar-refractivity contribution < 1.29 is 13.5 Å². The van der Waals surface area contributed by atoms with E-state index in [4.69, 9.17) is 10.5 Å². The van der Waals surface area contributed by atoms with E-state index in [1.807, 2.05) is 0 Å². The fraction of sp³-hybridized carbons (Fsp3) is 0.240. The van der Waals surface area contributed by atoms with Gasteiger partial charge in [-0.2, -0.15) is 5.26 Å². The van der Waals surface area contributed by atoms with Gasteiger partial charge in [-0.1, -0.05) is 43.3 Å². The monoisotopic (exact) mass is 419 g/mol. The first-order valence-electron chi connectivity index (χ1n) is 10.3. The summed E-state index contributed by atoms with van der Waals surface area (Å²) in [5.74, 6) is -0.946. The van der Waals surface area contributed by atoms with Crippen LogP contribution < -0.4 is 5.73 Å². The normalized spacial score (nSPS) is 20.5. The molecule has 0 radical (unpaired) electrons. The topological polar surface area (TPSA) is 62.3 Å². The number of rotatable bonds is 4. The third kappa shape index (κ3) is 3.97. The predicted octanol–water partition coefficient (Wildman–Crippen LogP) is 4.84. The molecule has 6 heteroatoms. The van der Waals surface area contributed by atoms with Crippen LogP contribution in [-0.2, 0) is 4.74 Å². The van der Waals surface area contributed by atoms with Crippen LogP contribution in [0.15, 0.2) is 76.9 Å². The van der Waals surface area contributed by atoms with E-state index in [9.17, 15) is 14.0 Å². The van der Waals surface area contributed by atoms with Gasteiger partial charge >= 0.3 is 0 Å². The molecule has 0 spiro atoms. The largest absolute Gasteiger partial charge is 0.440 e. The van der Waals surface area contributed by atoms with Crippen molar-refractivity contribution in [3.63, 3.8) is 0 Å². The quantitative estimate of drug-likeness (QED) is 0.771. The highest BCUT2D eigenvalue weighted by Crippen LogP contribution is 2.44. The Morgan fingerprint density at radius 3 is 2.52 bits per heavy atom. The van der Waals surface area contributed by atoms with Crippen LogP contribution >= 0.6 is 0 Å². The number of hydrogen-bond donors (Lipinski definition) is 1. The summed E-state index contributed by atoms with van der Waals surface area (Å²) in [5, 5.41) is 9.79. The van der Waals surface area contributed by atoms with Crippen LogP contribution in [0.25, 0.3) is 6.08 Å². The Labute approximate surface area is 180 Å². The van der Waals surface area contributed by atoms with E-state index in [2.05, 4.69) is 17.9 Å². The van der Waals surface area contributed by atoms with Crippen molar-refractivity contribution in [1.29, 1.82) is 5.26 Å². The molecule has 2 aliphatic heterocycles. The van der Waals surface area contributed by atoms with Crippen LogP contribution in [0, 0.1) is 23.0 Å². The van der Waals surface area contributed by atoms with Gasteiger partial charge in [-0.3, -0.25) is 4.90 Å². The first-order valence-corrected chi connectivity index (χ1v) is 10.3. The van der Waals surface area contributed by atoms with E-state index in [0.717, 1.165) is 24.1 Å². The van der Waals surface area contributed by atoms with E-state index >= 15 is 0 Å². The standard InChI is InChI=1S/C25H23F2N3O/c1-2-11-30-14-17(12-16-7-3-5-9-21(16)26)24-20(15-30)23(19(13-28)25(29)31-24)18-8-4-6-10-22(18)27/h3-10,12,23H,2,11,14-15,29H2,1H3/b17-12+. The van der Waals surface area contributed by atoms with Crippen LogP contribution in [0.2, 0.25) is 0 Å². The molecule has 0 saturated heterocycles. The molecule has 0 aromatic heterocycles. The zero-order valence-corrected chi connectivity index (χ0v) is 17.2. The molecule has 0 amide bonds. The first kappa shape index (κ1) is 20.8. The maximum Gasteiger partial charge on any atom is 0.205 e. The van der Waals surface area contributed by atoms with Crippen LogP contribution in [0.4, 0.5) is 8.78 Å². The Hall–Kier alpha value is -3.43. The molecule has 158 valence electrons. The van der Waals surface area contributed by atoms with Gasteiger partial charge in [0, 0.05) is 29.8 Å². The fourth-order valence-corrected chi connectivity index (χ4v) is 4.26. The van der Waals surface area contributed by atoms with Gasteiger partial charge in [-0.15, -0.1) is 0 Å². The molecule has 0 bridgehead atoms. The Morgan fingerprint density at radius 2 is 1.84 bits per heavy atom. The maximum atomic E-state index is 14.8. The summed E-state index contributed by atoms with van der Waals surface area (Å²) >= 11 is 0. The summed E-state index contributed by atoms with van der Waals surface area (Å²) in [6.07, 6.45) is 2.67. The molecule has 0 saturated carbocycles. The van der Waals surface area contributed by atoms with E-state index in [-0.39, 0.29) is 17.3 Å². The number of nitrogens with two attached hydrogens (primary N) is 1. The lowest BCUT2D eigenvalue weighted by Crippen LogP contribution is -2.38. The van der Waals surface area contributed by atoms with Crippen molar-refractivity contribution in [3.8, 4) is 6.07 Å². The molecule has 2 aromatic carbocycles. The van der Waals surface area contributed by atoms with Crippen LogP contribution in [0.3, 0.4) is 0 Å². The zero-order chi connectivity index (χ0) is 22.0. The van der Waals surface area contributed by atoms with Gasteiger partial charge in [0.25, 0.3) is 0 Å². The third-order valence-corrected chi connectivity index (χ3v) is 5.60. The van der Waals surface area contributed by atoms with Gasteiger partial charge in [0.05, 0.1) is 5.92 Å². The molecule has 4 nitrogen and oxygen atoms in total. The number of allylic oxidation sites excluding steroid dienone is 1. The summed E-state index contributed by atoms with van der Waals surface area (Å²) in [7, 11) is 0. The van der Waals surface area contributed by atoms with Crippen LogP contribution in [-0.4, -0.2) is 24.5 Å². The van der Waals surface area contributed by atoms with Crippen molar-refractivity contribution in [2.75, 3.05) is 19.6 Å². The van der Waals surface area contributed by atoms with Gasteiger partial charge < -0.3 is 10.5 Å². The van der Waals surface area contributed by atoms with Crippen molar-refractivity contribution in [2.24, 2.45) is 5.73 Å². The number of halogens is 2. The molecule has 4 rings (SSSR count). The number of hydrogen-bond acceptors (Lipinski definition) is 4. The lowest BCUT2D eigenvalue weighted by atomic mass is 9.80. The Morgan fingerprint density at radius 1 is 1.13 bits per heavy atom. The fourth-order valence-electron chi connectivity index (χ4n) is 4.26. The SMILES string of the molecule is CCCN1CC2=C(OC(N)=C(C#N)C2c2ccccc2F)/C(=C/c2ccccc2F)C1. The average molecular weight is 419 g/mol. The highest BCUT2D eigenvalue weighted by atomic mass is 19.1. The van der Waals surface area contributed by atoms with Crippen LogP contribution in [0.1, 0.15) is 30.4 Å². The van der Waals surface area contributed by atoms with E-state index < -0.39 is 11.7 Å². The lowest BCUT2D eigenvalue weighted by molar-refractivity contribution is 0.233. The summed E-state index contributed by atoms with van der Waals surface area (Å²) in [6.45, 7) is 3.93. The molecule has 2 heterocycles. The number of nitrogens with zero attached hydrogens (tertiary/aromatic N) is 2. The molecular formula is C25H23F2N3O. The number of benzene rings is 2. The summed E-state index contributed by atoms with van der Waals surface area (Å²) in [5.41, 5.74) is 8.63. The molecule has 0 fully saturated rings. The molecule has 2 N–H and O–H groups in total.